The highest BCUT2D eigenvalue weighted by molar-refractivity contribution is 6.30. The number of hydrogen-bond donors (Lipinski definition) is 1. The highest BCUT2D eigenvalue weighted by atomic mass is 35.5. The third kappa shape index (κ3) is 9.14. The number of amides is 2. The molecule has 0 aliphatic heterocycles. The first-order valence-corrected chi connectivity index (χ1v) is 13.0. The van der Waals surface area contributed by atoms with Gasteiger partial charge in [0.1, 0.15) is 17.5 Å². The highest BCUT2D eigenvalue weighted by Gasteiger charge is 2.30. The Morgan fingerprint density at radius 1 is 0.946 bits per heavy atom. The molecule has 0 unspecified atom stereocenters. The van der Waals surface area contributed by atoms with Gasteiger partial charge in [0, 0.05) is 31.0 Å². The zero-order valence-corrected chi connectivity index (χ0v) is 22.2. The number of carbonyl (C=O) groups is 2. The van der Waals surface area contributed by atoms with Crippen molar-refractivity contribution in [2.24, 2.45) is 0 Å². The standard InChI is InChI=1S/C30H35ClN2O4/c1-3-18-32-30(35)28(21-23-9-5-4-6-10-23)33(22-24-11-7-12-27(20-24)36-2)29(34)13-8-19-37-26-16-14-25(31)15-17-26/h4-7,9-12,14-17,20,28H,3,8,13,18-19,21-22H2,1-2H3,(H,32,35)/t28-/m0/s1. The molecule has 3 aromatic rings. The Morgan fingerprint density at radius 3 is 2.38 bits per heavy atom. The van der Waals surface area contributed by atoms with Crippen molar-refractivity contribution in [1.29, 1.82) is 0 Å². The van der Waals surface area contributed by atoms with Crippen molar-refractivity contribution in [2.75, 3.05) is 20.3 Å². The minimum atomic E-state index is -0.648. The van der Waals surface area contributed by atoms with E-state index in [1.54, 1.807) is 36.3 Å². The molecule has 196 valence electrons. The average molecular weight is 523 g/mol. The Kier molecular flexibility index (Phi) is 11.3. The maximum Gasteiger partial charge on any atom is 0.243 e. The van der Waals surface area contributed by atoms with E-state index in [-0.39, 0.29) is 18.2 Å². The van der Waals surface area contributed by atoms with Crippen LogP contribution in [-0.4, -0.2) is 43.0 Å². The average Bonchev–Trinajstić information content (AvgIpc) is 2.93. The number of carbonyl (C=O) groups excluding carboxylic acids is 2. The van der Waals surface area contributed by atoms with E-state index in [1.165, 1.54) is 0 Å². The second kappa shape index (κ2) is 14.9. The molecule has 3 aromatic carbocycles. The summed E-state index contributed by atoms with van der Waals surface area (Å²) in [6, 6.07) is 23.9. The van der Waals surface area contributed by atoms with Crippen molar-refractivity contribution in [3.05, 3.63) is 95.0 Å². The molecule has 1 atom stereocenters. The van der Waals surface area contributed by atoms with E-state index in [9.17, 15) is 9.59 Å². The Balaban J connectivity index is 1.78. The molecule has 0 heterocycles. The molecule has 0 aromatic heterocycles. The lowest BCUT2D eigenvalue weighted by molar-refractivity contribution is -0.141. The first-order chi connectivity index (χ1) is 18.0. The summed E-state index contributed by atoms with van der Waals surface area (Å²) in [5.41, 5.74) is 1.89. The molecular weight excluding hydrogens is 488 g/mol. The van der Waals surface area contributed by atoms with Crippen LogP contribution in [0.3, 0.4) is 0 Å². The SMILES string of the molecule is CCCNC(=O)[C@H](Cc1ccccc1)N(Cc1cccc(OC)c1)C(=O)CCCOc1ccc(Cl)cc1. The smallest absolute Gasteiger partial charge is 0.243 e. The maximum absolute atomic E-state index is 13.6. The molecule has 0 saturated carbocycles. The van der Waals surface area contributed by atoms with Gasteiger partial charge < -0.3 is 19.7 Å². The molecule has 0 fully saturated rings. The van der Waals surface area contributed by atoms with Crippen molar-refractivity contribution in [3.8, 4) is 11.5 Å². The van der Waals surface area contributed by atoms with E-state index in [2.05, 4.69) is 5.32 Å². The van der Waals surface area contributed by atoms with E-state index in [1.807, 2.05) is 61.5 Å². The van der Waals surface area contributed by atoms with Crippen molar-refractivity contribution >= 4 is 23.4 Å². The summed E-state index contributed by atoms with van der Waals surface area (Å²) >= 11 is 5.93. The van der Waals surface area contributed by atoms with Crippen LogP contribution in [-0.2, 0) is 22.6 Å². The molecule has 1 N–H and O–H groups in total. The molecular formula is C30H35ClN2O4. The Labute approximate surface area is 224 Å². The Hall–Kier alpha value is -3.51. The zero-order valence-electron chi connectivity index (χ0n) is 21.5. The topological polar surface area (TPSA) is 67.9 Å². The van der Waals surface area contributed by atoms with Crippen LogP contribution in [0.25, 0.3) is 0 Å². The molecule has 0 aliphatic carbocycles. The number of methoxy groups -OCH3 is 1. The summed E-state index contributed by atoms with van der Waals surface area (Å²) in [5.74, 6) is 1.15. The van der Waals surface area contributed by atoms with Crippen molar-refractivity contribution in [2.45, 2.75) is 45.2 Å². The molecule has 0 saturated heterocycles. The zero-order chi connectivity index (χ0) is 26.5. The minimum absolute atomic E-state index is 0.102. The number of halogens is 1. The highest BCUT2D eigenvalue weighted by Crippen LogP contribution is 2.20. The molecule has 37 heavy (non-hydrogen) atoms. The van der Waals surface area contributed by atoms with Gasteiger partial charge in [-0.2, -0.15) is 0 Å². The molecule has 0 aliphatic rings. The third-order valence-corrected chi connectivity index (χ3v) is 6.18. The van der Waals surface area contributed by atoms with Crippen LogP contribution in [0.4, 0.5) is 0 Å². The van der Waals surface area contributed by atoms with Crippen molar-refractivity contribution in [1.82, 2.24) is 10.2 Å². The van der Waals surface area contributed by atoms with Crippen LogP contribution in [0.15, 0.2) is 78.9 Å². The monoisotopic (exact) mass is 522 g/mol. The molecule has 0 spiro atoms. The summed E-state index contributed by atoms with van der Waals surface area (Å²) in [6.45, 7) is 3.24. The summed E-state index contributed by atoms with van der Waals surface area (Å²) in [5, 5.41) is 3.64. The normalized spacial score (nSPS) is 11.4. The summed E-state index contributed by atoms with van der Waals surface area (Å²) in [7, 11) is 1.61. The lowest BCUT2D eigenvalue weighted by Gasteiger charge is -2.31. The summed E-state index contributed by atoms with van der Waals surface area (Å²) in [6.07, 6.45) is 2.01. The van der Waals surface area contributed by atoms with E-state index in [0.717, 1.165) is 17.5 Å². The molecule has 7 heteroatoms. The van der Waals surface area contributed by atoms with Crippen LogP contribution in [0.1, 0.15) is 37.3 Å². The van der Waals surface area contributed by atoms with Gasteiger partial charge in [0.25, 0.3) is 0 Å². The number of nitrogens with zero attached hydrogens (tertiary/aromatic N) is 1. The second-order valence-corrected chi connectivity index (χ2v) is 9.21. The van der Waals surface area contributed by atoms with E-state index < -0.39 is 6.04 Å². The van der Waals surface area contributed by atoms with Crippen LogP contribution in [0.5, 0.6) is 11.5 Å². The number of benzene rings is 3. The largest absolute Gasteiger partial charge is 0.497 e. The van der Waals surface area contributed by atoms with Crippen LogP contribution in [0.2, 0.25) is 5.02 Å². The second-order valence-electron chi connectivity index (χ2n) is 8.78. The predicted molar refractivity (Wildman–Crippen MR) is 147 cm³/mol. The van der Waals surface area contributed by atoms with Gasteiger partial charge in [-0.25, -0.2) is 0 Å². The van der Waals surface area contributed by atoms with Gasteiger partial charge >= 0.3 is 0 Å². The molecule has 3 rings (SSSR count). The van der Waals surface area contributed by atoms with Crippen LogP contribution in [0, 0.1) is 0 Å². The quantitative estimate of drug-likeness (QED) is 0.277. The molecule has 0 radical (unpaired) electrons. The maximum atomic E-state index is 13.6. The summed E-state index contributed by atoms with van der Waals surface area (Å²) < 4.78 is 11.1. The Morgan fingerprint density at radius 2 is 1.68 bits per heavy atom. The van der Waals surface area contributed by atoms with Gasteiger partial charge in [-0.3, -0.25) is 9.59 Å². The Bertz CT molecular complexity index is 1120. The van der Waals surface area contributed by atoms with Gasteiger partial charge in [0.05, 0.1) is 13.7 Å². The molecule has 6 nitrogen and oxygen atoms in total. The van der Waals surface area contributed by atoms with Crippen molar-refractivity contribution < 1.29 is 19.1 Å². The van der Waals surface area contributed by atoms with E-state index in [0.29, 0.717) is 49.1 Å². The minimum Gasteiger partial charge on any atom is -0.497 e. The number of ether oxygens (including phenoxy) is 2. The van der Waals surface area contributed by atoms with E-state index >= 15 is 0 Å². The number of hydrogen-bond acceptors (Lipinski definition) is 4. The fourth-order valence-electron chi connectivity index (χ4n) is 3.98. The number of nitrogens with one attached hydrogen (secondary N) is 1. The summed E-state index contributed by atoms with van der Waals surface area (Å²) in [4.78, 5) is 28.6. The van der Waals surface area contributed by atoms with E-state index in [4.69, 9.17) is 21.1 Å². The van der Waals surface area contributed by atoms with Gasteiger partial charge in [-0.1, -0.05) is 61.0 Å². The molecule has 0 bridgehead atoms. The number of rotatable bonds is 14. The van der Waals surface area contributed by atoms with Gasteiger partial charge in [-0.15, -0.1) is 0 Å². The van der Waals surface area contributed by atoms with Gasteiger partial charge in [0.2, 0.25) is 11.8 Å². The first-order valence-electron chi connectivity index (χ1n) is 12.6. The lowest BCUT2D eigenvalue weighted by atomic mass is 10.0. The predicted octanol–water partition coefficient (Wildman–Crippen LogP) is 5.67. The van der Waals surface area contributed by atoms with Crippen LogP contribution < -0.4 is 14.8 Å². The third-order valence-electron chi connectivity index (χ3n) is 5.92. The first kappa shape index (κ1) is 28.1. The molecule has 2 amide bonds. The van der Waals surface area contributed by atoms with Gasteiger partial charge in [-0.05, 0) is 60.4 Å². The van der Waals surface area contributed by atoms with Gasteiger partial charge in [0.15, 0.2) is 0 Å². The fourth-order valence-corrected chi connectivity index (χ4v) is 4.10. The fraction of sp³-hybridized carbons (Fsp3) is 0.333. The lowest BCUT2D eigenvalue weighted by Crippen LogP contribution is -2.50. The van der Waals surface area contributed by atoms with Crippen molar-refractivity contribution in [3.63, 3.8) is 0 Å². The van der Waals surface area contributed by atoms with Crippen LogP contribution >= 0.6 is 11.6 Å².